The van der Waals surface area contributed by atoms with Gasteiger partial charge in [0.15, 0.2) is 15.6 Å². The van der Waals surface area contributed by atoms with Gasteiger partial charge in [0.1, 0.15) is 5.76 Å². The maximum atomic E-state index is 12.5. The molecule has 2 aliphatic rings. The van der Waals surface area contributed by atoms with Gasteiger partial charge in [-0.05, 0) is 25.0 Å². The van der Waals surface area contributed by atoms with E-state index < -0.39 is 15.8 Å². The fourth-order valence-corrected chi connectivity index (χ4v) is 4.38. The fraction of sp³-hybridized carbons (Fsp3) is 0.474. The average molecular weight is 429 g/mol. The molecular formula is C19H21ClO7S. The number of ketones is 1. The van der Waals surface area contributed by atoms with Crippen LogP contribution in [0.25, 0.3) is 0 Å². The second-order valence-electron chi connectivity index (χ2n) is 6.79. The molecule has 0 radical (unpaired) electrons. The highest BCUT2D eigenvalue weighted by Gasteiger charge is 2.25. The van der Waals surface area contributed by atoms with Gasteiger partial charge in [-0.1, -0.05) is 11.6 Å². The van der Waals surface area contributed by atoms with Crippen molar-refractivity contribution in [3.05, 3.63) is 40.1 Å². The molecule has 28 heavy (non-hydrogen) atoms. The highest BCUT2D eigenvalue weighted by atomic mass is 35.5. The lowest BCUT2D eigenvalue weighted by molar-refractivity contribution is -0.115. The normalized spacial score (nSPS) is 20.1. The number of sulfone groups is 1. The van der Waals surface area contributed by atoms with Crippen molar-refractivity contribution in [1.29, 1.82) is 0 Å². The van der Waals surface area contributed by atoms with Crippen molar-refractivity contribution in [2.75, 3.05) is 19.5 Å². The Morgan fingerprint density at radius 2 is 2.11 bits per heavy atom. The minimum atomic E-state index is -3.58. The Hall–Kier alpha value is -1.74. The van der Waals surface area contributed by atoms with Crippen LogP contribution in [0, 0.1) is 0 Å². The predicted octanol–water partition coefficient (Wildman–Crippen LogP) is 2.84. The molecule has 0 amide bonds. The molecule has 9 heteroatoms. The van der Waals surface area contributed by atoms with Crippen molar-refractivity contribution in [3.63, 3.8) is 0 Å². The zero-order chi connectivity index (χ0) is 20.3. The van der Waals surface area contributed by atoms with Crippen LogP contribution in [0.15, 0.2) is 28.9 Å². The van der Waals surface area contributed by atoms with E-state index in [4.69, 9.17) is 25.8 Å². The standard InChI is InChI=1S/C19H21ClO7S/c1-28(23,24)17-6-5-15(19(22)27-13-4-2-3-12(21)9-13)18(20)16(17)11-26-14-7-8-25-10-14/h5-6,9,14H,2-4,7-8,10-11H2,1H3. The Kier molecular flexibility index (Phi) is 6.54. The quantitative estimate of drug-likeness (QED) is 0.642. The summed E-state index contributed by atoms with van der Waals surface area (Å²) in [6.07, 6.45) is 4.45. The van der Waals surface area contributed by atoms with E-state index in [1.54, 1.807) is 0 Å². The third kappa shape index (κ3) is 5.00. The van der Waals surface area contributed by atoms with E-state index in [2.05, 4.69) is 0 Å². The second-order valence-corrected chi connectivity index (χ2v) is 9.15. The van der Waals surface area contributed by atoms with Crippen molar-refractivity contribution in [3.8, 4) is 0 Å². The predicted molar refractivity (Wildman–Crippen MR) is 101 cm³/mol. The number of carbonyl (C=O) groups excluding carboxylic acids is 2. The number of hydrogen-bond acceptors (Lipinski definition) is 7. The van der Waals surface area contributed by atoms with Gasteiger partial charge < -0.3 is 14.2 Å². The molecule has 1 aliphatic carbocycles. The van der Waals surface area contributed by atoms with Gasteiger partial charge in [0.05, 0.1) is 34.8 Å². The molecule has 1 heterocycles. The lowest BCUT2D eigenvalue weighted by Gasteiger charge is -2.17. The molecule has 1 aliphatic heterocycles. The van der Waals surface area contributed by atoms with Gasteiger partial charge in [0, 0.05) is 37.3 Å². The number of carbonyl (C=O) groups is 2. The first-order valence-corrected chi connectivity index (χ1v) is 11.2. The summed E-state index contributed by atoms with van der Waals surface area (Å²) in [4.78, 5) is 24.0. The van der Waals surface area contributed by atoms with Gasteiger partial charge >= 0.3 is 5.97 Å². The lowest BCUT2D eigenvalue weighted by atomic mass is 10.1. The Labute approximate surface area is 168 Å². The molecule has 0 saturated carbocycles. The molecule has 7 nitrogen and oxygen atoms in total. The Bertz CT molecular complexity index is 914. The van der Waals surface area contributed by atoms with E-state index >= 15 is 0 Å². The zero-order valence-corrected chi connectivity index (χ0v) is 17.0. The SMILES string of the molecule is CS(=O)(=O)c1ccc(C(=O)OC2=CC(=O)CCC2)c(Cl)c1COC1CCOC1. The van der Waals surface area contributed by atoms with Crippen molar-refractivity contribution in [2.45, 2.75) is 43.3 Å². The number of benzene rings is 1. The van der Waals surface area contributed by atoms with Crippen LogP contribution in [0.2, 0.25) is 5.02 Å². The minimum absolute atomic E-state index is 0.0000232. The van der Waals surface area contributed by atoms with Crippen LogP contribution in [-0.4, -0.2) is 45.7 Å². The van der Waals surface area contributed by atoms with E-state index in [1.807, 2.05) is 0 Å². The van der Waals surface area contributed by atoms with Gasteiger partial charge in [0.25, 0.3) is 0 Å². The Morgan fingerprint density at radius 1 is 1.32 bits per heavy atom. The summed E-state index contributed by atoms with van der Waals surface area (Å²) < 4.78 is 40.5. The van der Waals surface area contributed by atoms with Crippen LogP contribution in [0.1, 0.15) is 41.6 Å². The van der Waals surface area contributed by atoms with Crippen molar-refractivity contribution >= 4 is 33.2 Å². The number of esters is 1. The second kappa shape index (κ2) is 8.73. The molecule has 1 aromatic rings. The summed E-state index contributed by atoms with van der Waals surface area (Å²) in [6.45, 7) is 0.935. The monoisotopic (exact) mass is 428 g/mol. The van der Waals surface area contributed by atoms with Gasteiger partial charge in [-0.25, -0.2) is 13.2 Å². The highest BCUT2D eigenvalue weighted by molar-refractivity contribution is 7.90. The van der Waals surface area contributed by atoms with E-state index in [0.717, 1.165) is 6.26 Å². The van der Waals surface area contributed by atoms with Crippen molar-refractivity contribution in [1.82, 2.24) is 0 Å². The first-order valence-electron chi connectivity index (χ1n) is 8.92. The topological polar surface area (TPSA) is 96.0 Å². The first kappa shape index (κ1) is 21.0. The van der Waals surface area contributed by atoms with E-state index in [0.29, 0.717) is 38.9 Å². The molecule has 1 fully saturated rings. The van der Waals surface area contributed by atoms with Crippen LogP contribution in [0.3, 0.4) is 0 Å². The van der Waals surface area contributed by atoms with Gasteiger partial charge in [-0.15, -0.1) is 0 Å². The summed E-state index contributed by atoms with van der Waals surface area (Å²) in [5, 5.41) is -0.0328. The van der Waals surface area contributed by atoms with Crippen LogP contribution >= 0.6 is 11.6 Å². The van der Waals surface area contributed by atoms with Crippen LogP contribution in [0.5, 0.6) is 0 Å². The number of rotatable bonds is 6. The lowest BCUT2D eigenvalue weighted by Crippen LogP contribution is -2.16. The van der Waals surface area contributed by atoms with Crippen LogP contribution in [-0.2, 0) is 35.4 Å². The summed E-state index contributed by atoms with van der Waals surface area (Å²) in [5.41, 5.74) is 0.230. The van der Waals surface area contributed by atoms with E-state index in [1.165, 1.54) is 18.2 Å². The summed E-state index contributed by atoms with van der Waals surface area (Å²) in [5.74, 6) is -0.553. The maximum absolute atomic E-state index is 12.5. The minimum Gasteiger partial charge on any atom is -0.427 e. The Balaban J connectivity index is 1.88. The van der Waals surface area contributed by atoms with E-state index in [9.17, 15) is 18.0 Å². The van der Waals surface area contributed by atoms with Crippen molar-refractivity contribution in [2.24, 2.45) is 0 Å². The molecule has 0 spiro atoms. The molecule has 1 atom stereocenters. The van der Waals surface area contributed by atoms with Gasteiger partial charge in [-0.3, -0.25) is 4.79 Å². The number of hydrogen-bond donors (Lipinski definition) is 0. The number of allylic oxidation sites excluding steroid dienone is 2. The first-order chi connectivity index (χ1) is 13.3. The zero-order valence-electron chi connectivity index (χ0n) is 15.4. The third-order valence-corrected chi connectivity index (χ3v) is 6.18. The molecule has 3 rings (SSSR count). The fourth-order valence-electron chi connectivity index (χ4n) is 3.10. The smallest absolute Gasteiger partial charge is 0.344 e. The Morgan fingerprint density at radius 3 is 2.75 bits per heavy atom. The molecule has 152 valence electrons. The molecule has 1 aromatic carbocycles. The van der Waals surface area contributed by atoms with Crippen molar-refractivity contribution < 1.29 is 32.2 Å². The molecule has 0 bridgehead atoms. The summed E-state index contributed by atoms with van der Waals surface area (Å²) >= 11 is 6.38. The number of halogens is 1. The third-order valence-electron chi connectivity index (χ3n) is 4.56. The molecule has 0 aromatic heterocycles. The average Bonchev–Trinajstić information content (AvgIpc) is 3.13. The maximum Gasteiger partial charge on any atom is 0.344 e. The molecule has 1 saturated heterocycles. The highest BCUT2D eigenvalue weighted by Crippen LogP contribution is 2.31. The van der Waals surface area contributed by atoms with Crippen LogP contribution in [0.4, 0.5) is 0 Å². The van der Waals surface area contributed by atoms with E-state index in [-0.39, 0.29) is 45.3 Å². The van der Waals surface area contributed by atoms with Gasteiger partial charge in [-0.2, -0.15) is 0 Å². The van der Waals surface area contributed by atoms with Gasteiger partial charge in [0.2, 0.25) is 0 Å². The molecule has 1 unspecified atom stereocenters. The summed E-state index contributed by atoms with van der Waals surface area (Å²) in [7, 11) is -3.58. The largest absolute Gasteiger partial charge is 0.427 e. The molecule has 0 N–H and O–H groups in total. The summed E-state index contributed by atoms with van der Waals surface area (Å²) in [6, 6.07) is 2.64. The molecular weight excluding hydrogens is 408 g/mol. The number of ether oxygens (including phenoxy) is 3. The van der Waals surface area contributed by atoms with Crippen LogP contribution < -0.4 is 0 Å².